The molecule has 0 aromatic carbocycles. The molecule has 2 aromatic heterocycles. The second-order valence-electron chi connectivity index (χ2n) is 5.31. The lowest BCUT2D eigenvalue weighted by Gasteiger charge is -2.16. The number of likely N-dealkylation sites (tertiary alicyclic amines) is 1. The summed E-state index contributed by atoms with van der Waals surface area (Å²) in [5.41, 5.74) is 1.90. The molecule has 6 nitrogen and oxygen atoms in total. The van der Waals surface area contributed by atoms with E-state index in [9.17, 15) is 0 Å². The van der Waals surface area contributed by atoms with Crippen LogP contribution in [0, 0.1) is 11.3 Å². The van der Waals surface area contributed by atoms with Crippen LogP contribution in [0.1, 0.15) is 23.7 Å². The summed E-state index contributed by atoms with van der Waals surface area (Å²) in [7, 11) is 2.03. The third-order valence-electron chi connectivity index (χ3n) is 3.95. The Morgan fingerprint density at radius 2 is 2.35 bits per heavy atom. The highest BCUT2D eigenvalue weighted by atomic mass is 15.3. The molecule has 0 aliphatic carbocycles. The summed E-state index contributed by atoms with van der Waals surface area (Å²) < 4.78 is 4.00. The summed E-state index contributed by atoms with van der Waals surface area (Å²) in [5.74, 6) is 0. The van der Waals surface area contributed by atoms with Crippen molar-refractivity contribution >= 4 is 0 Å². The molecule has 1 fully saturated rings. The molecule has 1 saturated heterocycles. The minimum atomic E-state index is 0.392. The van der Waals surface area contributed by atoms with Gasteiger partial charge < -0.3 is 9.47 Å². The number of imidazole rings is 1. The molecular weight excluding hydrogens is 252 g/mol. The third-order valence-corrected chi connectivity index (χ3v) is 3.95. The van der Waals surface area contributed by atoms with Crippen molar-refractivity contribution in [2.45, 2.75) is 18.9 Å². The molecule has 1 atom stereocenters. The second kappa shape index (κ2) is 5.47. The summed E-state index contributed by atoms with van der Waals surface area (Å²) in [6.07, 6.45) is 9.37. The van der Waals surface area contributed by atoms with Gasteiger partial charge in [0.1, 0.15) is 6.07 Å². The summed E-state index contributed by atoms with van der Waals surface area (Å²) >= 11 is 0. The maximum absolute atomic E-state index is 8.84. The van der Waals surface area contributed by atoms with Crippen LogP contribution >= 0.6 is 0 Å². The maximum Gasteiger partial charge on any atom is 0.102 e. The van der Waals surface area contributed by atoms with Gasteiger partial charge in [0.15, 0.2) is 0 Å². The van der Waals surface area contributed by atoms with Gasteiger partial charge in [0.05, 0.1) is 24.1 Å². The van der Waals surface area contributed by atoms with Crippen LogP contribution in [0.5, 0.6) is 0 Å². The van der Waals surface area contributed by atoms with Crippen LogP contribution in [-0.4, -0.2) is 43.9 Å². The highest BCUT2D eigenvalue weighted by Crippen LogP contribution is 2.21. The molecule has 1 unspecified atom stereocenters. The Balaban J connectivity index is 1.54. The number of nitriles is 1. The first kappa shape index (κ1) is 12.9. The van der Waals surface area contributed by atoms with Crippen LogP contribution in [0.4, 0.5) is 0 Å². The lowest BCUT2D eigenvalue weighted by Crippen LogP contribution is -2.24. The van der Waals surface area contributed by atoms with Gasteiger partial charge >= 0.3 is 0 Å². The standard InChI is InChI=1S/C14H18N6/c1-18-11-16-8-13(18)2-4-19-5-3-14(10-19)20-9-12(6-15)7-17-20/h7-9,11,14H,2-5,10H2,1H3. The van der Waals surface area contributed by atoms with Crippen molar-refractivity contribution in [2.24, 2.45) is 7.05 Å². The molecule has 3 heterocycles. The molecule has 0 saturated carbocycles. The fraction of sp³-hybridized carbons (Fsp3) is 0.500. The van der Waals surface area contributed by atoms with Crippen LogP contribution in [0.3, 0.4) is 0 Å². The van der Waals surface area contributed by atoms with E-state index in [2.05, 4.69) is 25.6 Å². The lowest BCUT2D eigenvalue weighted by molar-refractivity contribution is 0.321. The quantitative estimate of drug-likeness (QED) is 0.830. The van der Waals surface area contributed by atoms with E-state index < -0.39 is 0 Å². The fourth-order valence-corrected chi connectivity index (χ4v) is 2.72. The minimum Gasteiger partial charge on any atom is -0.338 e. The van der Waals surface area contributed by atoms with Gasteiger partial charge in [0.25, 0.3) is 0 Å². The van der Waals surface area contributed by atoms with Gasteiger partial charge in [-0.1, -0.05) is 0 Å². The van der Waals surface area contributed by atoms with E-state index in [1.54, 1.807) is 6.20 Å². The fourth-order valence-electron chi connectivity index (χ4n) is 2.72. The van der Waals surface area contributed by atoms with Crippen LogP contribution in [0.15, 0.2) is 24.9 Å². The van der Waals surface area contributed by atoms with Gasteiger partial charge in [-0.15, -0.1) is 0 Å². The minimum absolute atomic E-state index is 0.392. The number of aromatic nitrogens is 4. The highest BCUT2D eigenvalue weighted by molar-refractivity contribution is 5.22. The van der Waals surface area contributed by atoms with E-state index in [1.807, 2.05) is 30.5 Å². The molecule has 20 heavy (non-hydrogen) atoms. The SMILES string of the molecule is Cn1cncc1CCN1CCC(n2cc(C#N)cn2)C1. The molecule has 3 rings (SSSR count). The van der Waals surface area contributed by atoms with Gasteiger partial charge in [0, 0.05) is 51.2 Å². The Kier molecular flexibility index (Phi) is 3.52. The Labute approximate surface area is 118 Å². The molecule has 0 radical (unpaired) electrons. The maximum atomic E-state index is 8.84. The van der Waals surface area contributed by atoms with Crippen molar-refractivity contribution in [3.05, 3.63) is 36.2 Å². The Bertz CT molecular complexity index is 620. The van der Waals surface area contributed by atoms with Crippen molar-refractivity contribution in [1.29, 1.82) is 5.26 Å². The Morgan fingerprint density at radius 3 is 3.05 bits per heavy atom. The average molecular weight is 270 g/mol. The lowest BCUT2D eigenvalue weighted by atomic mass is 10.3. The van der Waals surface area contributed by atoms with Crippen molar-refractivity contribution in [2.75, 3.05) is 19.6 Å². The number of hydrogen-bond donors (Lipinski definition) is 0. The van der Waals surface area contributed by atoms with Crippen LogP contribution in [-0.2, 0) is 13.5 Å². The predicted molar refractivity (Wildman–Crippen MR) is 73.9 cm³/mol. The Hall–Kier alpha value is -2.13. The number of hydrogen-bond acceptors (Lipinski definition) is 4. The largest absolute Gasteiger partial charge is 0.338 e. The first-order valence-corrected chi connectivity index (χ1v) is 6.88. The van der Waals surface area contributed by atoms with Crippen molar-refractivity contribution in [1.82, 2.24) is 24.2 Å². The summed E-state index contributed by atoms with van der Waals surface area (Å²) in [6.45, 7) is 3.14. The predicted octanol–water partition coefficient (Wildman–Crippen LogP) is 0.978. The van der Waals surface area contributed by atoms with Crippen molar-refractivity contribution in [3.63, 3.8) is 0 Å². The van der Waals surface area contributed by atoms with Gasteiger partial charge in [0.2, 0.25) is 0 Å². The molecular formula is C14H18N6. The molecule has 104 valence electrons. The Morgan fingerprint density at radius 1 is 1.45 bits per heavy atom. The van der Waals surface area contributed by atoms with Gasteiger partial charge in [-0.25, -0.2) is 4.98 Å². The first-order chi connectivity index (χ1) is 9.76. The summed E-state index contributed by atoms with van der Waals surface area (Å²) in [6, 6.07) is 2.52. The van der Waals surface area contributed by atoms with E-state index in [0.29, 0.717) is 11.6 Å². The van der Waals surface area contributed by atoms with E-state index in [4.69, 9.17) is 5.26 Å². The van der Waals surface area contributed by atoms with Gasteiger partial charge in [-0.2, -0.15) is 10.4 Å². The summed E-state index contributed by atoms with van der Waals surface area (Å²) in [5, 5.41) is 13.1. The number of aryl methyl sites for hydroxylation is 1. The molecule has 1 aliphatic rings. The molecule has 6 heteroatoms. The van der Waals surface area contributed by atoms with Crippen LogP contribution < -0.4 is 0 Å². The van der Waals surface area contributed by atoms with Crippen LogP contribution in [0.25, 0.3) is 0 Å². The highest BCUT2D eigenvalue weighted by Gasteiger charge is 2.24. The van der Waals surface area contributed by atoms with Crippen molar-refractivity contribution < 1.29 is 0 Å². The summed E-state index contributed by atoms with van der Waals surface area (Å²) in [4.78, 5) is 6.59. The topological polar surface area (TPSA) is 62.7 Å². The molecule has 0 N–H and O–H groups in total. The van der Waals surface area contributed by atoms with E-state index in [1.165, 1.54) is 5.69 Å². The van der Waals surface area contributed by atoms with E-state index >= 15 is 0 Å². The number of rotatable bonds is 4. The van der Waals surface area contributed by atoms with Gasteiger partial charge in [-0.3, -0.25) is 4.68 Å². The van der Waals surface area contributed by atoms with Crippen LogP contribution in [0.2, 0.25) is 0 Å². The second-order valence-corrected chi connectivity index (χ2v) is 5.31. The zero-order valence-electron chi connectivity index (χ0n) is 11.6. The smallest absolute Gasteiger partial charge is 0.102 e. The monoisotopic (exact) mass is 270 g/mol. The zero-order valence-corrected chi connectivity index (χ0v) is 11.6. The molecule has 0 spiro atoms. The van der Waals surface area contributed by atoms with E-state index in [0.717, 1.165) is 32.5 Å². The first-order valence-electron chi connectivity index (χ1n) is 6.88. The molecule has 2 aromatic rings. The molecule has 0 amide bonds. The third kappa shape index (κ3) is 2.58. The normalized spacial score (nSPS) is 19.3. The molecule has 0 bridgehead atoms. The van der Waals surface area contributed by atoms with Crippen molar-refractivity contribution in [3.8, 4) is 6.07 Å². The van der Waals surface area contributed by atoms with E-state index in [-0.39, 0.29) is 0 Å². The van der Waals surface area contributed by atoms with Gasteiger partial charge in [-0.05, 0) is 6.42 Å². The zero-order chi connectivity index (χ0) is 13.9. The average Bonchev–Trinajstić information content (AvgIpc) is 3.16. The number of nitrogens with zero attached hydrogens (tertiary/aromatic N) is 6. The molecule has 1 aliphatic heterocycles.